The number of nitrogens with one attached hydrogen (secondary N) is 1. The molecular formula is C14H18FNO3S. The number of rotatable bonds is 4. The summed E-state index contributed by atoms with van der Waals surface area (Å²) in [5, 5.41) is 3.04. The lowest BCUT2D eigenvalue weighted by Crippen LogP contribution is -2.46. The highest BCUT2D eigenvalue weighted by molar-refractivity contribution is 7.91. The molecule has 0 aliphatic carbocycles. The molecule has 1 fully saturated rings. The minimum atomic E-state index is -3.04. The Morgan fingerprint density at radius 2 is 2.20 bits per heavy atom. The molecule has 0 spiro atoms. The van der Waals surface area contributed by atoms with Gasteiger partial charge in [-0.15, -0.1) is 0 Å². The zero-order valence-electron chi connectivity index (χ0n) is 11.4. The summed E-state index contributed by atoms with van der Waals surface area (Å²) in [7, 11) is -3.04. The monoisotopic (exact) mass is 299 g/mol. The number of hydrogen-bond acceptors (Lipinski definition) is 4. The number of aryl methyl sites for hydroxylation is 1. The maximum absolute atomic E-state index is 13.2. The lowest BCUT2D eigenvalue weighted by atomic mass is 10.00. The van der Waals surface area contributed by atoms with E-state index in [1.807, 2.05) is 6.92 Å². The first-order chi connectivity index (χ1) is 9.35. The summed E-state index contributed by atoms with van der Waals surface area (Å²) in [4.78, 5) is 12.0. The predicted molar refractivity (Wildman–Crippen MR) is 74.9 cm³/mol. The molecule has 2 rings (SSSR count). The molecule has 0 bridgehead atoms. The summed E-state index contributed by atoms with van der Waals surface area (Å²) in [6.07, 6.45) is 0.303. The Balaban J connectivity index is 1.97. The van der Waals surface area contributed by atoms with Crippen LogP contribution in [0.4, 0.5) is 4.39 Å². The second-order valence-electron chi connectivity index (χ2n) is 5.26. The van der Waals surface area contributed by atoms with Gasteiger partial charge in [0.15, 0.2) is 9.84 Å². The SMILES string of the molecule is Cc1ccc(F)cc1CC(=O)CC1CS(=O)(=O)CCN1. The van der Waals surface area contributed by atoms with E-state index in [1.54, 1.807) is 6.07 Å². The van der Waals surface area contributed by atoms with Crippen LogP contribution in [0.25, 0.3) is 0 Å². The number of carbonyl (C=O) groups is 1. The second kappa shape index (κ2) is 6.01. The molecule has 1 atom stereocenters. The Bertz CT molecular complexity index is 613. The van der Waals surface area contributed by atoms with Gasteiger partial charge >= 0.3 is 0 Å². The fourth-order valence-corrected chi connectivity index (χ4v) is 3.83. The molecule has 1 aromatic carbocycles. The van der Waals surface area contributed by atoms with Crippen LogP contribution in [0.15, 0.2) is 18.2 Å². The van der Waals surface area contributed by atoms with Crippen LogP contribution in [0.5, 0.6) is 0 Å². The van der Waals surface area contributed by atoms with E-state index in [9.17, 15) is 17.6 Å². The first-order valence-electron chi connectivity index (χ1n) is 6.56. The lowest BCUT2D eigenvalue weighted by Gasteiger charge is -2.23. The fourth-order valence-electron chi connectivity index (χ4n) is 2.39. The number of hydrogen-bond donors (Lipinski definition) is 1. The normalized spacial score (nSPS) is 21.6. The molecule has 1 N–H and O–H groups in total. The molecule has 4 nitrogen and oxygen atoms in total. The second-order valence-corrected chi connectivity index (χ2v) is 7.48. The van der Waals surface area contributed by atoms with Crippen molar-refractivity contribution in [1.82, 2.24) is 5.32 Å². The van der Waals surface area contributed by atoms with Crippen molar-refractivity contribution in [2.45, 2.75) is 25.8 Å². The van der Waals surface area contributed by atoms with Gasteiger partial charge in [0.25, 0.3) is 0 Å². The maximum Gasteiger partial charge on any atom is 0.153 e. The molecule has 1 aliphatic rings. The smallest absolute Gasteiger partial charge is 0.153 e. The molecule has 0 radical (unpaired) electrons. The van der Waals surface area contributed by atoms with Gasteiger partial charge in [0.1, 0.15) is 11.6 Å². The summed E-state index contributed by atoms with van der Waals surface area (Å²) in [6.45, 7) is 2.21. The first-order valence-corrected chi connectivity index (χ1v) is 8.38. The Hall–Kier alpha value is -1.27. The lowest BCUT2D eigenvalue weighted by molar-refractivity contribution is -0.118. The van der Waals surface area contributed by atoms with Crippen molar-refractivity contribution in [2.75, 3.05) is 18.1 Å². The number of Topliss-reactive ketones (excluding diaryl/α,β-unsaturated/α-hetero) is 1. The summed E-state index contributed by atoms with van der Waals surface area (Å²) in [6, 6.07) is 4.04. The molecule has 6 heteroatoms. The molecule has 20 heavy (non-hydrogen) atoms. The third-order valence-electron chi connectivity index (χ3n) is 3.47. The van der Waals surface area contributed by atoms with E-state index in [0.717, 1.165) is 5.56 Å². The highest BCUT2D eigenvalue weighted by atomic mass is 32.2. The van der Waals surface area contributed by atoms with Gasteiger partial charge in [-0.25, -0.2) is 12.8 Å². The van der Waals surface area contributed by atoms with Crippen molar-refractivity contribution in [2.24, 2.45) is 0 Å². The molecule has 1 aliphatic heterocycles. The van der Waals surface area contributed by atoms with Crippen LogP contribution in [-0.2, 0) is 21.1 Å². The van der Waals surface area contributed by atoms with Crippen molar-refractivity contribution in [3.63, 3.8) is 0 Å². The zero-order valence-corrected chi connectivity index (χ0v) is 12.2. The highest BCUT2D eigenvalue weighted by Crippen LogP contribution is 2.13. The minimum Gasteiger partial charge on any atom is -0.312 e. The number of carbonyl (C=O) groups excluding carboxylic acids is 1. The number of ketones is 1. The summed E-state index contributed by atoms with van der Waals surface area (Å²) in [5.74, 6) is -0.313. The van der Waals surface area contributed by atoms with E-state index in [-0.39, 0.29) is 42.0 Å². The van der Waals surface area contributed by atoms with Gasteiger partial charge in [0.05, 0.1) is 11.5 Å². The third-order valence-corrected chi connectivity index (χ3v) is 5.21. The van der Waals surface area contributed by atoms with Crippen LogP contribution in [-0.4, -0.2) is 38.3 Å². The highest BCUT2D eigenvalue weighted by Gasteiger charge is 2.26. The van der Waals surface area contributed by atoms with Gasteiger partial charge in [-0.1, -0.05) is 6.07 Å². The molecular weight excluding hydrogens is 281 g/mol. The topological polar surface area (TPSA) is 63.2 Å². The van der Waals surface area contributed by atoms with E-state index in [1.165, 1.54) is 12.1 Å². The van der Waals surface area contributed by atoms with E-state index >= 15 is 0 Å². The zero-order chi connectivity index (χ0) is 14.8. The van der Waals surface area contributed by atoms with Gasteiger partial charge in [-0.2, -0.15) is 0 Å². The molecule has 1 aromatic rings. The quantitative estimate of drug-likeness (QED) is 0.902. The Morgan fingerprint density at radius 3 is 2.90 bits per heavy atom. The molecule has 1 unspecified atom stereocenters. The van der Waals surface area contributed by atoms with E-state index < -0.39 is 9.84 Å². The summed E-state index contributed by atoms with van der Waals surface area (Å²) < 4.78 is 36.2. The Kier molecular flexibility index (Phi) is 4.55. The molecule has 1 saturated heterocycles. The third kappa shape index (κ3) is 4.11. The fraction of sp³-hybridized carbons (Fsp3) is 0.500. The number of sulfone groups is 1. The van der Waals surface area contributed by atoms with Gasteiger partial charge in [-0.05, 0) is 30.2 Å². The van der Waals surface area contributed by atoms with E-state index in [0.29, 0.717) is 12.1 Å². The Morgan fingerprint density at radius 1 is 1.45 bits per heavy atom. The van der Waals surface area contributed by atoms with Gasteiger partial charge in [0.2, 0.25) is 0 Å². The summed E-state index contributed by atoms with van der Waals surface area (Å²) in [5.41, 5.74) is 1.53. The standard InChI is InChI=1S/C14H18FNO3S/c1-10-2-3-12(15)6-11(10)7-14(17)8-13-9-20(18,19)5-4-16-13/h2-3,6,13,16H,4-5,7-9H2,1H3. The predicted octanol–water partition coefficient (Wildman–Crippen LogP) is 1.02. The average Bonchev–Trinajstić information content (AvgIpc) is 2.32. The molecule has 0 saturated carbocycles. The molecule has 0 amide bonds. The van der Waals surface area contributed by atoms with Crippen molar-refractivity contribution < 1.29 is 17.6 Å². The van der Waals surface area contributed by atoms with Crippen LogP contribution in [0.2, 0.25) is 0 Å². The van der Waals surface area contributed by atoms with Gasteiger partial charge in [-0.3, -0.25) is 4.79 Å². The number of benzene rings is 1. The van der Waals surface area contributed by atoms with E-state index in [2.05, 4.69) is 5.32 Å². The minimum absolute atomic E-state index is 0.000866. The van der Waals surface area contributed by atoms with Crippen molar-refractivity contribution in [3.8, 4) is 0 Å². The summed E-state index contributed by atoms with van der Waals surface area (Å²) >= 11 is 0. The van der Waals surface area contributed by atoms with Crippen LogP contribution in [0.3, 0.4) is 0 Å². The van der Waals surface area contributed by atoms with Gasteiger partial charge < -0.3 is 5.32 Å². The van der Waals surface area contributed by atoms with Crippen LogP contribution < -0.4 is 5.32 Å². The van der Waals surface area contributed by atoms with E-state index in [4.69, 9.17) is 0 Å². The van der Waals surface area contributed by atoms with Crippen LogP contribution in [0.1, 0.15) is 17.5 Å². The van der Waals surface area contributed by atoms with Crippen molar-refractivity contribution >= 4 is 15.6 Å². The maximum atomic E-state index is 13.2. The molecule has 0 aromatic heterocycles. The largest absolute Gasteiger partial charge is 0.312 e. The van der Waals surface area contributed by atoms with Crippen LogP contribution in [0, 0.1) is 12.7 Å². The van der Waals surface area contributed by atoms with Gasteiger partial charge in [0, 0.05) is 25.4 Å². The Labute approximate surface area is 118 Å². The average molecular weight is 299 g/mol. The van der Waals surface area contributed by atoms with Crippen molar-refractivity contribution in [1.29, 1.82) is 0 Å². The molecule has 1 heterocycles. The molecule has 110 valence electrons. The van der Waals surface area contributed by atoms with Crippen molar-refractivity contribution in [3.05, 3.63) is 35.1 Å². The number of halogens is 1. The first kappa shape index (κ1) is 15.1. The van der Waals surface area contributed by atoms with Crippen LogP contribution >= 0.6 is 0 Å².